The first kappa shape index (κ1) is 20.1. The van der Waals surface area contributed by atoms with Gasteiger partial charge in [0.25, 0.3) is 5.91 Å². The maximum Gasteiger partial charge on any atom is 0.265 e. The van der Waals surface area contributed by atoms with Crippen LogP contribution in [-0.4, -0.2) is 18.6 Å². The molecule has 2 aromatic carbocycles. The van der Waals surface area contributed by atoms with E-state index in [1.807, 2.05) is 0 Å². The zero-order valence-electron chi connectivity index (χ0n) is 14.4. The largest absolute Gasteiger partial charge is 0.478 e. The van der Waals surface area contributed by atoms with Crippen LogP contribution < -0.4 is 15.4 Å². The molecule has 0 fully saturated rings. The maximum absolute atomic E-state index is 14.6. The fourth-order valence-corrected chi connectivity index (χ4v) is 2.86. The van der Waals surface area contributed by atoms with E-state index in [-0.39, 0.29) is 23.8 Å². The third-order valence-corrected chi connectivity index (χ3v) is 4.23. The molecule has 0 aromatic heterocycles. The lowest BCUT2D eigenvalue weighted by molar-refractivity contribution is -0.122. The number of carbonyl (C=O) groups is 1. The van der Waals surface area contributed by atoms with Gasteiger partial charge in [-0.1, -0.05) is 25.1 Å². The number of fused-ring (bicyclic) bond motifs is 1. The Hall–Kier alpha value is -2.18. The van der Waals surface area contributed by atoms with Crippen LogP contribution in [0.1, 0.15) is 24.5 Å². The molecule has 1 unspecified atom stereocenters. The monoisotopic (exact) mass is 382 g/mol. The van der Waals surface area contributed by atoms with Gasteiger partial charge in [-0.05, 0) is 48.7 Å². The zero-order valence-corrected chi connectivity index (χ0v) is 15.2. The lowest BCUT2D eigenvalue weighted by Crippen LogP contribution is -2.33. The van der Waals surface area contributed by atoms with E-state index in [0.717, 1.165) is 5.56 Å². The summed E-state index contributed by atoms with van der Waals surface area (Å²) >= 11 is 0. The first-order valence-electron chi connectivity index (χ1n) is 8.33. The van der Waals surface area contributed by atoms with Gasteiger partial charge in [0.2, 0.25) is 0 Å². The second kappa shape index (κ2) is 8.96. The Morgan fingerprint density at radius 1 is 1.27 bits per heavy atom. The maximum atomic E-state index is 14.6. The van der Waals surface area contributed by atoms with Crippen molar-refractivity contribution in [3.05, 3.63) is 59.2 Å². The fourth-order valence-electron chi connectivity index (χ4n) is 2.86. The predicted octanol–water partition coefficient (Wildman–Crippen LogP) is 3.83. The molecule has 1 heterocycles. The second-order valence-corrected chi connectivity index (χ2v) is 5.93. The lowest BCUT2D eigenvalue weighted by atomic mass is 9.99. The van der Waals surface area contributed by atoms with Gasteiger partial charge in [0.05, 0.1) is 5.69 Å². The van der Waals surface area contributed by atoms with Crippen LogP contribution in [0.3, 0.4) is 0 Å². The van der Waals surface area contributed by atoms with Crippen molar-refractivity contribution in [1.29, 1.82) is 0 Å². The van der Waals surface area contributed by atoms with E-state index < -0.39 is 23.6 Å². The van der Waals surface area contributed by atoms with Gasteiger partial charge >= 0.3 is 0 Å². The minimum atomic E-state index is -0.908. The van der Waals surface area contributed by atoms with Gasteiger partial charge in [-0.3, -0.25) is 4.79 Å². The van der Waals surface area contributed by atoms with E-state index in [4.69, 9.17) is 4.74 Å². The summed E-state index contributed by atoms with van der Waals surface area (Å²) in [5.74, 6) is -1.45. The van der Waals surface area contributed by atoms with Crippen molar-refractivity contribution in [1.82, 2.24) is 5.32 Å². The number of halogens is 3. The van der Waals surface area contributed by atoms with Crippen LogP contribution in [-0.2, 0) is 17.8 Å². The van der Waals surface area contributed by atoms with Crippen LogP contribution in [0.5, 0.6) is 5.75 Å². The molecule has 1 atom stereocenters. The van der Waals surface area contributed by atoms with E-state index >= 15 is 0 Å². The summed E-state index contributed by atoms with van der Waals surface area (Å²) < 4.78 is 33.8. The summed E-state index contributed by atoms with van der Waals surface area (Å²) in [4.78, 5) is 12.4. The second-order valence-electron chi connectivity index (χ2n) is 5.93. The predicted molar refractivity (Wildman–Crippen MR) is 98.8 cm³/mol. The lowest BCUT2D eigenvalue weighted by Gasteiger charge is -2.21. The average molecular weight is 383 g/mol. The molecule has 7 heteroatoms. The molecule has 0 aliphatic carbocycles. The normalized spacial score (nSPS) is 14.0. The standard InChI is InChI=1S/C19H20F2N2O2.ClH/c1-2-16(25-17-6-4-3-5-14(17)20)19(24)23-15-8-7-12-11-22-10-9-13(12)18(15)21;/h3-8,16,22H,2,9-11H2,1H3,(H,23,24);1H. The molecule has 26 heavy (non-hydrogen) atoms. The number of rotatable bonds is 5. The number of hydrogen-bond acceptors (Lipinski definition) is 3. The summed E-state index contributed by atoms with van der Waals surface area (Å²) in [5.41, 5.74) is 1.65. The van der Waals surface area contributed by atoms with Gasteiger partial charge < -0.3 is 15.4 Å². The highest BCUT2D eigenvalue weighted by atomic mass is 35.5. The van der Waals surface area contributed by atoms with Gasteiger partial charge in [-0.25, -0.2) is 8.78 Å². The van der Waals surface area contributed by atoms with Crippen molar-refractivity contribution in [3.63, 3.8) is 0 Å². The van der Waals surface area contributed by atoms with Crippen LogP contribution in [0.2, 0.25) is 0 Å². The molecule has 1 amide bonds. The number of ether oxygens (including phenoxy) is 1. The molecule has 1 aliphatic rings. The quantitative estimate of drug-likeness (QED) is 0.826. The van der Waals surface area contributed by atoms with Crippen molar-refractivity contribution in [2.24, 2.45) is 0 Å². The molecule has 1 aliphatic heterocycles. The third-order valence-electron chi connectivity index (χ3n) is 4.23. The SMILES string of the molecule is CCC(Oc1ccccc1F)C(=O)Nc1ccc2c(c1F)CCNC2.Cl. The van der Waals surface area contributed by atoms with E-state index in [9.17, 15) is 13.6 Å². The Morgan fingerprint density at radius 3 is 2.77 bits per heavy atom. The first-order chi connectivity index (χ1) is 12.1. The third kappa shape index (κ3) is 4.31. The first-order valence-corrected chi connectivity index (χ1v) is 8.33. The number of hydrogen-bond donors (Lipinski definition) is 2. The minimum absolute atomic E-state index is 0. The molecular formula is C19H21ClF2N2O2. The topological polar surface area (TPSA) is 50.4 Å². The van der Waals surface area contributed by atoms with E-state index in [1.165, 1.54) is 12.1 Å². The highest BCUT2D eigenvalue weighted by Gasteiger charge is 2.23. The minimum Gasteiger partial charge on any atom is -0.478 e. The summed E-state index contributed by atoms with van der Waals surface area (Å²) in [6.07, 6.45) is -0.00113. The summed E-state index contributed by atoms with van der Waals surface area (Å²) in [6.45, 7) is 3.07. The van der Waals surface area contributed by atoms with Gasteiger partial charge in [0.15, 0.2) is 17.7 Å². The molecule has 0 radical (unpaired) electrons. The van der Waals surface area contributed by atoms with Crippen LogP contribution in [0.4, 0.5) is 14.5 Å². The summed E-state index contributed by atoms with van der Waals surface area (Å²) in [7, 11) is 0. The molecule has 0 saturated heterocycles. The van der Waals surface area contributed by atoms with Crippen molar-refractivity contribution in [2.45, 2.75) is 32.4 Å². The van der Waals surface area contributed by atoms with Crippen molar-refractivity contribution >= 4 is 24.0 Å². The van der Waals surface area contributed by atoms with Crippen molar-refractivity contribution in [2.75, 3.05) is 11.9 Å². The molecule has 0 bridgehead atoms. The van der Waals surface area contributed by atoms with E-state index in [0.29, 0.717) is 31.5 Å². The highest BCUT2D eigenvalue weighted by molar-refractivity contribution is 5.94. The zero-order chi connectivity index (χ0) is 17.8. The Balaban J connectivity index is 0.00000243. The van der Waals surface area contributed by atoms with Gasteiger partial charge in [0, 0.05) is 6.54 Å². The summed E-state index contributed by atoms with van der Waals surface area (Å²) in [6, 6.07) is 9.24. The van der Waals surface area contributed by atoms with Crippen LogP contribution >= 0.6 is 12.4 Å². The van der Waals surface area contributed by atoms with Gasteiger partial charge in [0.1, 0.15) is 5.82 Å². The van der Waals surface area contributed by atoms with Crippen molar-refractivity contribution < 1.29 is 18.3 Å². The Kier molecular flexibility index (Phi) is 6.94. The molecule has 0 spiro atoms. The van der Waals surface area contributed by atoms with Crippen LogP contribution in [0.25, 0.3) is 0 Å². The molecule has 0 saturated carbocycles. The van der Waals surface area contributed by atoms with E-state index in [1.54, 1.807) is 31.2 Å². The smallest absolute Gasteiger partial charge is 0.265 e. The molecule has 3 rings (SSSR count). The number of benzene rings is 2. The summed E-state index contributed by atoms with van der Waals surface area (Å²) in [5, 5.41) is 5.75. The Morgan fingerprint density at radius 2 is 2.04 bits per heavy atom. The molecule has 4 nitrogen and oxygen atoms in total. The Labute approximate surface area is 157 Å². The molecule has 2 N–H and O–H groups in total. The van der Waals surface area contributed by atoms with Crippen LogP contribution in [0.15, 0.2) is 36.4 Å². The fraction of sp³-hybridized carbons (Fsp3) is 0.316. The van der Waals surface area contributed by atoms with Crippen LogP contribution in [0, 0.1) is 11.6 Å². The van der Waals surface area contributed by atoms with E-state index in [2.05, 4.69) is 10.6 Å². The molecule has 2 aromatic rings. The molecular weight excluding hydrogens is 362 g/mol. The number of anilines is 1. The Bertz CT molecular complexity index is 786. The highest BCUT2D eigenvalue weighted by Crippen LogP contribution is 2.25. The van der Waals surface area contributed by atoms with Gasteiger partial charge in [-0.15, -0.1) is 12.4 Å². The number of nitrogens with one attached hydrogen (secondary N) is 2. The average Bonchev–Trinajstić information content (AvgIpc) is 2.63. The number of para-hydroxylation sites is 1. The number of carbonyl (C=O) groups excluding carboxylic acids is 1. The number of amides is 1. The van der Waals surface area contributed by atoms with Gasteiger partial charge in [-0.2, -0.15) is 0 Å². The molecule has 140 valence electrons. The van der Waals surface area contributed by atoms with Crippen molar-refractivity contribution in [3.8, 4) is 5.75 Å².